The molecule has 61 heavy (non-hydrogen) atoms. The fourth-order valence-electron chi connectivity index (χ4n) is 8.66. The molecule has 0 radical (unpaired) electrons. The second-order valence-corrected chi connectivity index (χ2v) is 19.0. The van der Waals surface area contributed by atoms with E-state index < -0.39 is 18.2 Å². The summed E-state index contributed by atoms with van der Waals surface area (Å²) in [5, 5.41) is 23.8. The summed E-state index contributed by atoms with van der Waals surface area (Å²) in [7, 11) is 0. The predicted molar refractivity (Wildman–Crippen MR) is 264 cm³/mol. The third kappa shape index (κ3) is 45.0. The standard InChI is InChI=1S/C55H107NO5/c1-4-7-10-13-16-19-22-24-26-27-29-31-33-36-39-42-45-48-55(60)61-51(46-43-40-37-34-32-30-28-25-23-20-17-14-11-8-5-2)49-54(59)56-52(50-57)53(58)47-44-41-38-35-21-18-15-12-9-6-3/h24,26,51-53,57-58H,4-23,25,27-50H2,1-3H3,(H,56,59)/b26-24+. The molecule has 3 N–H and O–H groups in total. The number of nitrogens with one attached hydrogen (secondary N) is 1. The van der Waals surface area contributed by atoms with Gasteiger partial charge >= 0.3 is 5.97 Å². The molecule has 0 fully saturated rings. The van der Waals surface area contributed by atoms with Crippen molar-refractivity contribution in [2.24, 2.45) is 0 Å². The smallest absolute Gasteiger partial charge is 0.306 e. The maximum Gasteiger partial charge on any atom is 0.306 e. The molecule has 0 heterocycles. The number of hydrogen-bond donors (Lipinski definition) is 3. The maximum absolute atomic E-state index is 13.2. The predicted octanol–water partition coefficient (Wildman–Crippen LogP) is 16.5. The van der Waals surface area contributed by atoms with Crippen LogP contribution in [-0.4, -0.2) is 46.9 Å². The average molecular weight is 862 g/mol. The fourth-order valence-corrected chi connectivity index (χ4v) is 8.66. The number of ether oxygens (including phenoxy) is 1. The van der Waals surface area contributed by atoms with Crippen LogP contribution in [0.2, 0.25) is 0 Å². The van der Waals surface area contributed by atoms with Gasteiger partial charge in [0, 0.05) is 6.42 Å². The van der Waals surface area contributed by atoms with Gasteiger partial charge in [0.25, 0.3) is 0 Å². The Labute approximate surface area is 380 Å². The molecule has 1 amide bonds. The quantitative estimate of drug-likeness (QED) is 0.0322. The van der Waals surface area contributed by atoms with E-state index in [2.05, 4.69) is 38.2 Å². The Morgan fingerprint density at radius 2 is 0.787 bits per heavy atom. The van der Waals surface area contributed by atoms with E-state index in [1.807, 2.05) is 0 Å². The average Bonchev–Trinajstić information content (AvgIpc) is 3.25. The Kier molecular flexibility index (Phi) is 48.5. The zero-order valence-corrected chi connectivity index (χ0v) is 41.3. The molecule has 6 nitrogen and oxygen atoms in total. The third-order valence-corrected chi connectivity index (χ3v) is 12.8. The van der Waals surface area contributed by atoms with Crippen molar-refractivity contribution in [3.05, 3.63) is 12.2 Å². The highest BCUT2D eigenvalue weighted by atomic mass is 16.5. The van der Waals surface area contributed by atoms with Crippen molar-refractivity contribution in [3.8, 4) is 0 Å². The molecule has 0 bridgehead atoms. The third-order valence-electron chi connectivity index (χ3n) is 12.8. The van der Waals surface area contributed by atoms with Gasteiger partial charge in [-0.25, -0.2) is 0 Å². The van der Waals surface area contributed by atoms with E-state index in [0.29, 0.717) is 19.3 Å². The van der Waals surface area contributed by atoms with Gasteiger partial charge in [-0.3, -0.25) is 9.59 Å². The minimum Gasteiger partial charge on any atom is -0.462 e. The van der Waals surface area contributed by atoms with Crippen LogP contribution in [0.1, 0.15) is 303 Å². The first-order chi connectivity index (χ1) is 30.0. The Bertz CT molecular complexity index is 924. The first kappa shape index (κ1) is 59.6. The van der Waals surface area contributed by atoms with E-state index in [1.54, 1.807) is 0 Å². The van der Waals surface area contributed by atoms with Crippen LogP contribution in [0.5, 0.6) is 0 Å². The number of carbonyl (C=O) groups is 2. The van der Waals surface area contributed by atoms with Gasteiger partial charge in [-0.2, -0.15) is 0 Å². The molecule has 6 heteroatoms. The summed E-state index contributed by atoms with van der Waals surface area (Å²) in [5.74, 6) is -0.459. The molecular formula is C55H107NO5. The number of amides is 1. The minimum absolute atomic E-state index is 0.0834. The lowest BCUT2D eigenvalue weighted by atomic mass is 10.0. The van der Waals surface area contributed by atoms with Crippen LogP contribution in [0.3, 0.4) is 0 Å². The van der Waals surface area contributed by atoms with Crippen molar-refractivity contribution in [1.29, 1.82) is 0 Å². The Hall–Kier alpha value is -1.40. The molecule has 0 spiro atoms. The van der Waals surface area contributed by atoms with E-state index >= 15 is 0 Å². The van der Waals surface area contributed by atoms with Crippen LogP contribution < -0.4 is 5.32 Å². The molecule has 0 saturated carbocycles. The molecule has 0 aromatic rings. The summed E-state index contributed by atoms with van der Waals surface area (Å²) in [6, 6.07) is -0.695. The lowest BCUT2D eigenvalue weighted by Crippen LogP contribution is -2.46. The molecule has 0 aromatic carbocycles. The second-order valence-electron chi connectivity index (χ2n) is 19.0. The number of hydrogen-bond acceptors (Lipinski definition) is 5. The highest BCUT2D eigenvalue weighted by Gasteiger charge is 2.24. The summed E-state index contributed by atoms with van der Waals surface area (Å²) >= 11 is 0. The van der Waals surface area contributed by atoms with E-state index in [9.17, 15) is 19.8 Å². The van der Waals surface area contributed by atoms with Crippen LogP contribution in [-0.2, 0) is 14.3 Å². The van der Waals surface area contributed by atoms with E-state index in [1.165, 1.54) is 212 Å². The van der Waals surface area contributed by atoms with Gasteiger partial charge in [-0.15, -0.1) is 0 Å². The largest absolute Gasteiger partial charge is 0.462 e. The zero-order chi connectivity index (χ0) is 44.5. The molecule has 0 aliphatic heterocycles. The summed E-state index contributed by atoms with van der Waals surface area (Å²) < 4.78 is 5.95. The second kappa shape index (κ2) is 49.6. The van der Waals surface area contributed by atoms with Crippen LogP contribution >= 0.6 is 0 Å². The van der Waals surface area contributed by atoms with Crippen molar-refractivity contribution >= 4 is 11.9 Å². The molecule has 362 valence electrons. The summed E-state index contributed by atoms with van der Waals surface area (Å²) in [4.78, 5) is 26.2. The highest BCUT2D eigenvalue weighted by Crippen LogP contribution is 2.19. The molecule has 3 atom stereocenters. The maximum atomic E-state index is 13.2. The number of rotatable bonds is 50. The number of aliphatic hydroxyl groups excluding tert-OH is 2. The minimum atomic E-state index is -0.781. The summed E-state index contributed by atoms with van der Waals surface area (Å²) in [6.45, 7) is 6.50. The molecule has 0 saturated heterocycles. The number of carbonyl (C=O) groups excluding carboxylic acids is 2. The molecule has 3 unspecified atom stereocenters. The molecular weight excluding hydrogens is 755 g/mol. The topological polar surface area (TPSA) is 95.9 Å². The SMILES string of the molecule is CCCCCCCC/C=C/CCCCCCCCCC(=O)OC(CCCCCCCCCCCCCCCCC)CC(=O)NC(CO)C(O)CCCCCCCCCCCC. The Morgan fingerprint density at radius 1 is 0.459 bits per heavy atom. The Balaban J connectivity index is 4.51. The molecule has 0 rings (SSSR count). The highest BCUT2D eigenvalue weighted by molar-refractivity contribution is 5.77. The van der Waals surface area contributed by atoms with Gasteiger partial charge in [0.2, 0.25) is 5.91 Å². The molecule has 0 aliphatic rings. The first-order valence-corrected chi connectivity index (χ1v) is 27.4. The first-order valence-electron chi connectivity index (χ1n) is 27.4. The van der Waals surface area contributed by atoms with Crippen LogP contribution in [0.25, 0.3) is 0 Å². The van der Waals surface area contributed by atoms with Gasteiger partial charge in [-0.05, 0) is 51.4 Å². The van der Waals surface area contributed by atoms with E-state index in [4.69, 9.17) is 4.74 Å². The molecule has 0 aromatic heterocycles. The summed E-state index contributed by atoms with van der Waals surface area (Å²) in [6.07, 6.45) is 55.6. The number of unbranched alkanes of at least 4 members (excludes halogenated alkanes) is 36. The number of allylic oxidation sites excluding steroid dienone is 2. The zero-order valence-electron chi connectivity index (χ0n) is 41.3. The van der Waals surface area contributed by atoms with Gasteiger partial charge in [0.1, 0.15) is 6.10 Å². The van der Waals surface area contributed by atoms with Crippen molar-refractivity contribution in [1.82, 2.24) is 5.32 Å². The van der Waals surface area contributed by atoms with E-state index in [-0.39, 0.29) is 24.9 Å². The van der Waals surface area contributed by atoms with Crippen molar-refractivity contribution in [2.75, 3.05) is 6.61 Å². The van der Waals surface area contributed by atoms with Gasteiger partial charge in [0.05, 0.1) is 25.2 Å². The molecule has 0 aliphatic carbocycles. The van der Waals surface area contributed by atoms with Gasteiger partial charge in [-0.1, -0.05) is 251 Å². The Morgan fingerprint density at radius 3 is 1.16 bits per heavy atom. The van der Waals surface area contributed by atoms with Crippen LogP contribution in [0.15, 0.2) is 12.2 Å². The van der Waals surface area contributed by atoms with Crippen LogP contribution in [0.4, 0.5) is 0 Å². The van der Waals surface area contributed by atoms with Gasteiger partial charge < -0.3 is 20.3 Å². The number of esters is 1. The van der Waals surface area contributed by atoms with Crippen molar-refractivity contribution < 1.29 is 24.5 Å². The lowest BCUT2D eigenvalue weighted by Gasteiger charge is -2.24. The van der Waals surface area contributed by atoms with Crippen molar-refractivity contribution in [3.63, 3.8) is 0 Å². The fraction of sp³-hybridized carbons (Fsp3) is 0.927. The summed E-state index contributed by atoms with van der Waals surface area (Å²) in [5.41, 5.74) is 0. The van der Waals surface area contributed by atoms with Gasteiger partial charge in [0.15, 0.2) is 0 Å². The van der Waals surface area contributed by atoms with Crippen LogP contribution in [0, 0.1) is 0 Å². The normalized spacial score (nSPS) is 13.2. The number of aliphatic hydroxyl groups is 2. The van der Waals surface area contributed by atoms with E-state index in [0.717, 1.165) is 44.9 Å². The van der Waals surface area contributed by atoms with Crippen molar-refractivity contribution in [2.45, 2.75) is 322 Å². The lowest BCUT2D eigenvalue weighted by molar-refractivity contribution is -0.151. The monoisotopic (exact) mass is 862 g/mol.